The maximum absolute atomic E-state index is 13.1. The standard InChI is InChI=1S/C19H18BrCl2NO3/c1-25-7-6-23-10-15-13-4-2-11(20)8-17(13)26-19(15)18(24)14-5-3-12(21)9-16(14)22/h2-5,8-9,15,19,23H,6-7,10H2,1H3. The molecule has 26 heavy (non-hydrogen) atoms. The number of ether oxygens (including phenoxy) is 2. The molecule has 1 aliphatic rings. The van der Waals surface area contributed by atoms with Gasteiger partial charge in [-0.3, -0.25) is 4.79 Å². The van der Waals surface area contributed by atoms with Crippen molar-refractivity contribution in [3.63, 3.8) is 0 Å². The first kappa shape index (κ1) is 19.6. The molecule has 4 nitrogen and oxygen atoms in total. The number of hydrogen-bond donors (Lipinski definition) is 1. The van der Waals surface area contributed by atoms with Gasteiger partial charge in [-0.2, -0.15) is 0 Å². The molecule has 0 aromatic heterocycles. The number of carbonyl (C=O) groups is 1. The fourth-order valence-corrected chi connectivity index (χ4v) is 3.87. The van der Waals surface area contributed by atoms with Crippen LogP contribution < -0.4 is 10.1 Å². The Hall–Kier alpha value is -1.11. The normalized spacial score (nSPS) is 18.5. The molecule has 0 amide bonds. The van der Waals surface area contributed by atoms with Crippen molar-refractivity contribution < 1.29 is 14.3 Å². The Kier molecular flexibility index (Phi) is 6.59. The van der Waals surface area contributed by atoms with Gasteiger partial charge in [0.1, 0.15) is 5.75 Å². The van der Waals surface area contributed by atoms with Crippen LogP contribution >= 0.6 is 39.1 Å². The summed E-state index contributed by atoms with van der Waals surface area (Å²) in [7, 11) is 1.65. The van der Waals surface area contributed by atoms with Gasteiger partial charge in [0.15, 0.2) is 6.10 Å². The van der Waals surface area contributed by atoms with E-state index in [0.717, 1.165) is 10.0 Å². The third-order valence-electron chi connectivity index (χ3n) is 4.30. The van der Waals surface area contributed by atoms with Gasteiger partial charge in [-0.25, -0.2) is 0 Å². The largest absolute Gasteiger partial charge is 0.481 e. The first-order chi connectivity index (χ1) is 12.5. The summed E-state index contributed by atoms with van der Waals surface area (Å²) in [6.45, 7) is 1.89. The lowest BCUT2D eigenvalue weighted by Crippen LogP contribution is -2.36. The van der Waals surface area contributed by atoms with Crippen LogP contribution in [-0.2, 0) is 4.74 Å². The number of Topliss-reactive ketones (excluding diaryl/α,β-unsaturated/α-hetero) is 1. The van der Waals surface area contributed by atoms with Crippen molar-refractivity contribution >= 4 is 44.9 Å². The summed E-state index contributed by atoms with van der Waals surface area (Å²) in [5.74, 6) is 0.438. The Morgan fingerprint density at radius 3 is 2.81 bits per heavy atom. The number of nitrogens with one attached hydrogen (secondary N) is 1. The van der Waals surface area contributed by atoms with E-state index >= 15 is 0 Å². The van der Waals surface area contributed by atoms with Gasteiger partial charge in [0.25, 0.3) is 0 Å². The summed E-state index contributed by atoms with van der Waals surface area (Å²) in [6, 6.07) is 10.7. The van der Waals surface area contributed by atoms with Gasteiger partial charge < -0.3 is 14.8 Å². The van der Waals surface area contributed by atoms with Crippen LogP contribution in [0.1, 0.15) is 21.8 Å². The molecular weight excluding hydrogens is 441 g/mol. The van der Waals surface area contributed by atoms with Gasteiger partial charge >= 0.3 is 0 Å². The zero-order valence-electron chi connectivity index (χ0n) is 14.1. The third kappa shape index (κ3) is 4.24. The highest BCUT2D eigenvalue weighted by Gasteiger charge is 2.40. The van der Waals surface area contributed by atoms with Gasteiger partial charge in [0.2, 0.25) is 5.78 Å². The topological polar surface area (TPSA) is 47.6 Å². The molecule has 1 heterocycles. The van der Waals surface area contributed by atoms with Crippen LogP contribution in [0.3, 0.4) is 0 Å². The van der Waals surface area contributed by atoms with Gasteiger partial charge in [-0.05, 0) is 30.3 Å². The monoisotopic (exact) mass is 457 g/mol. The highest BCUT2D eigenvalue weighted by molar-refractivity contribution is 9.10. The molecule has 0 bridgehead atoms. The fourth-order valence-electron chi connectivity index (χ4n) is 3.03. The zero-order chi connectivity index (χ0) is 18.7. The van der Waals surface area contributed by atoms with Gasteiger partial charge in [0, 0.05) is 46.7 Å². The minimum Gasteiger partial charge on any atom is -0.481 e. The van der Waals surface area contributed by atoms with Crippen LogP contribution in [0.15, 0.2) is 40.9 Å². The second-order valence-electron chi connectivity index (χ2n) is 6.01. The second kappa shape index (κ2) is 8.72. The number of fused-ring (bicyclic) bond motifs is 1. The lowest BCUT2D eigenvalue weighted by molar-refractivity contribution is 0.0790. The van der Waals surface area contributed by atoms with Crippen LogP contribution in [0, 0.1) is 0 Å². The molecule has 0 saturated heterocycles. The first-order valence-corrected chi connectivity index (χ1v) is 9.71. The molecule has 2 aromatic rings. The number of benzene rings is 2. The molecule has 0 fully saturated rings. The number of methoxy groups -OCH3 is 1. The Morgan fingerprint density at radius 1 is 1.27 bits per heavy atom. The van der Waals surface area contributed by atoms with Crippen molar-refractivity contribution in [2.24, 2.45) is 0 Å². The minimum atomic E-state index is -0.645. The molecule has 0 saturated carbocycles. The van der Waals surface area contributed by atoms with E-state index < -0.39 is 6.10 Å². The number of hydrogen-bond acceptors (Lipinski definition) is 4. The highest BCUT2D eigenvalue weighted by atomic mass is 79.9. The highest BCUT2D eigenvalue weighted by Crippen LogP contribution is 2.41. The maximum Gasteiger partial charge on any atom is 0.205 e. The minimum absolute atomic E-state index is 0.116. The average molecular weight is 459 g/mol. The van der Waals surface area contributed by atoms with Gasteiger partial charge in [-0.1, -0.05) is 45.2 Å². The van der Waals surface area contributed by atoms with E-state index in [1.165, 1.54) is 0 Å². The summed E-state index contributed by atoms with van der Waals surface area (Å²) in [6.07, 6.45) is -0.645. The molecule has 2 aromatic carbocycles. The van der Waals surface area contributed by atoms with Crippen LogP contribution in [0.25, 0.3) is 0 Å². The smallest absolute Gasteiger partial charge is 0.205 e. The fraction of sp³-hybridized carbons (Fsp3) is 0.316. The Bertz CT molecular complexity index is 815. The van der Waals surface area contributed by atoms with Crippen molar-refractivity contribution in [2.75, 3.05) is 26.8 Å². The summed E-state index contributed by atoms with van der Waals surface area (Å²) >= 11 is 15.6. The average Bonchev–Trinajstić information content (AvgIpc) is 2.96. The van der Waals surface area contributed by atoms with Gasteiger partial charge in [0.05, 0.1) is 11.6 Å². The number of ketones is 1. The van der Waals surface area contributed by atoms with E-state index in [9.17, 15) is 4.79 Å². The molecular formula is C19H18BrCl2NO3. The molecule has 2 unspecified atom stereocenters. The lowest BCUT2D eigenvalue weighted by Gasteiger charge is -2.19. The quantitative estimate of drug-likeness (QED) is 0.481. The SMILES string of the molecule is COCCNCC1c2ccc(Br)cc2OC1C(=O)c1ccc(Cl)cc1Cl. The Labute approximate surface area is 170 Å². The maximum atomic E-state index is 13.1. The van der Waals surface area contributed by atoms with Crippen LogP contribution in [0.2, 0.25) is 10.0 Å². The molecule has 1 N–H and O–H groups in total. The van der Waals surface area contributed by atoms with E-state index in [0.29, 0.717) is 41.1 Å². The van der Waals surface area contributed by atoms with Gasteiger partial charge in [-0.15, -0.1) is 0 Å². The predicted octanol–water partition coefficient (Wildman–Crippen LogP) is 4.72. The number of carbonyl (C=O) groups excluding carboxylic acids is 1. The lowest BCUT2D eigenvalue weighted by atomic mass is 9.90. The van der Waals surface area contributed by atoms with Crippen molar-refractivity contribution in [3.05, 3.63) is 62.0 Å². The molecule has 0 radical (unpaired) electrons. The molecule has 0 spiro atoms. The second-order valence-corrected chi connectivity index (χ2v) is 7.77. The van der Waals surface area contributed by atoms with E-state index in [4.69, 9.17) is 32.7 Å². The summed E-state index contributed by atoms with van der Waals surface area (Å²) in [5, 5.41) is 4.14. The van der Waals surface area contributed by atoms with Crippen molar-refractivity contribution in [3.8, 4) is 5.75 Å². The molecule has 138 valence electrons. The predicted molar refractivity (Wildman–Crippen MR) is 107 cm³/mol. The van der Waals surface area contributed by atoms with E-state index in [2.05, 4.69) is 21.2 Å². The first-order valence-electron chi connectivity index (χ1n) is 8.16. The third-order valence-corrected chi connectivity index (χ3v) is 5.34. The Morgan fingerprint density at radius 2 is 2.08 bits per heavy atom. The number of halogens is 3. The van der Waals surface area contributed by atoms with E-state index in [-0.39, 0.29) is 11.7 Å². The molecule has 0 aliphatic carbocycles. The molecule has 3 rings (SSSR count). The Balaban J connectivity index is 1.87. The van der Waals surface area contributed by atoms with Crippen molar-refractivity contribution in [2.45, 2.75) is 12.0 Å². The molecule has 2 atom stereocenters. The van der Waals surface area contributed by atoms with Crippen LogP contribution in [-0.4, -0.2) is 38.7 Å². The van der Waals surface area contributed by atoms with Crippen LogP contribution in [0.4, 0.5) is 0 Å². The van der Waals surface area contributed by atoms with Crippen LogP contribution in [0.5, 0.6) is 5.75 Å². The summed E-state index contributed by atoms with van der Waals surface area (Å²) < 4.78 is 12.0. The van der Waals surface area contributed by atoms with Crippen molar-refractivity contribution in [1.29, 1.82) is 0 Å². The molecule has 1 aliphatic heterocycles. The summed E-state index contributed by atoms with van der Waals surface area (Å²) in [5.41, 5.74) is 1.41. The van der Waals surface area contributed by atoms with E-state index in [1.807, 2.05) is 18.2 Å². The zero-order valence-corrected chi connectivity index (χ0v) is 17.2. The number of rotatable bonds is 7. The molecule has 7 heteroatoms. The summed E-state index contributed by atoms with van der Waals surface area (Å²) in [4.78, 5) is 13.1. The van der Waals surface area contributed by atoms with E-state index in [1.54, 1.807) is 25.3 Å². The van der Waals surface area contributed by atoms with Crippen molar-refractivity contribution in [1.82, 2.24) is 5.32 Å².